The quantitative estimate of drug-likeness (QED) is 0.409. The van der Waals surface area contributed by atoms with E-state index in [1.165, 1.54) is 23.9 Å². The number of carbonyl (C=O) groups excluding carboxylic acids is 1. The average molecular weight is 434 g/mol. The van der Waals surface area contributed by atoms with Gasteiger partial charge >= 0.3 is 6.36 Å². The van der Waals surface area contributed by atoms with Crippen molar-refractivity contribution in [2.24, 2.45) is 0 Å². The fourth-order valence-corrected chi connectivity index (χ4v) is 3.30. The predicted octanol–water partition coefficient (Wildman–Crippen LogP) is 4.76. The van der Waals surface area contributed by atoms with Crippen molar-refractivity contribution in [2.45, 2.75) is 18.1 Å². The highest BCUT2D eigenvalue weighted by Gasteiger charge is 2.31. The monoisotopic (exact) mass is 434 g/mol. The van der Waals surface area contributed by atoms with Crippen LogP contribution >= 0.6 is 11.8 Å². The number of carbonyl (C=O) groups is 1. The van der Waals surface area contributed by atoms with Crippen molar-refractivity contribution in [3.05, 3.63) is 67.3 Å². The topological polar surface area (TPSA) is 69.0 Å². The lowest BCUT2D eigenvalue weighted by Crippen LogP contribution is -2.17. The van der Waals surface area contributed by atoms with Gasteiger partial charge in [-0.15, -0.1) is 29.9 Å². The summed E-state index contributed by atoms with van der Waals surface area (Å²) in [6, 6.07) is 14.4. The molecule has 0 bridgehead atoms. The number of halogens is 3. The van der Waals surface area contributed by atoms with Crippen LogP contribution in [-0.4, -0.2) is 32.8 Å². The summed E-state index contributed by atoms with van der Waals surface area (Å²) < 4.78 is 42.2. The SMILES string of the molecule is C=CCn1c(SCC(=O)Nc2ccc(OC(F)(F)F)cc2)nnc1-c1ccccc1. The summed E-state index contributed by atoms with van der Waals surface area (Å²) in [6.45, 7) is 4.22. The third kappa shape index (κ3) is 5.86. The van der Waals surface area contributed by atoms with Gasteiger partial charge in [-0.25, -0.2) is 0 Å². The highest BCUT2D eigenvalue weighted by Crippen LogP contribution is 2.25. The van der Waals surface area contributed by atoms with Gasteiger partial charge in [0.15, 0.2) is 11.0 Å². The van der Waals surface area contributed by atoms with Crippen LogP contribution in [-0.2, 0) is 11.3 Å². The van der Waals surface area contributed by atoms with E-state index in [2.05, 4.69) is 26.8 Å². The zero-order valence-corrected chi connectivity index (χ0v) is 16.4. The van der Waals surface area contributed by atoms with E-state index in [4.69, 9.17) is 0 Å². The summed E-state index contributed by atoms with van der Waals surface area (Å²) in [5.74, 6) is 0.0172. The van der Waals surface area contributed by atoms with Crippen LogP contribution in [0, 0.1) is 0 Å². The molecule has 0 aliphatic carbocycles. The van der Waals surface area contributed by atoms with E-state index >= 15 is 0 Å². The van der Waals surface area contributed by atoms with Crippen LogP contribution < -0.4 is 10.1 Å². The molecule has 1 aromatic heterocycles. The van der Waals surface area contributed by atoms with Gasteiger partial charge in [0, 0.05) is 17.8 Å². The van der Waals surface area contributed by atoms with Gasteiger partial charge in [0.25, 0.3) is 0 Å². The average Bonchev–Trinajstić information content (AvgIpc) is 3.10. The third-order valence-electron chi connectivity index (χ3n) is 3.76. The Hall–Kier alpha value is -3.27. The maximum absolute atomic E-state index is 12.2. The van der Waals surface area contributed by atoms with E-state index in [0.29, 0.717) is 23.2 Å². The Morgan fingerprint density at radius 1 is 1.13 bits per heavy atom. The number of anilines is 1. The van der Waals surface area contributed by atoms with Gasteiger partial charge in [-0.3, -0.25) is 9.36 Å². The molecule has 0 fully saturated rings. The fraction of sp³-hybridized carbons (Fsp3) is 0.150. The zero-order valence-electron chi connectivity index (χ0n) is 15.6. The van der Waals surface area contributed by atoms with E-state index in [9.17, 15) is 18.0 Å². The molecule has 0 saturated carbocycles. The van der Waals surface area contributed by atoms with Crippen LogP contribution in [0.5, 0.6) is 5.75 Å². The molecule has 0 spiro atoms. The number of rotatable bonds is 8. The number of ether oxygens (including phenoxy) is 1. The smallest absolute Gasteiger partial charge is 0.406 e. The minimum absolute atomic E-state index is 0.0465. The second-order valence-electron chi connectivity index (χ2n) is 5.98. The molecule has 2 aromatic carbocycles. The molecule has 0 radical (unpaired) electrons. The Morgan fingerprint density at radius 2 is 1.83 bits per heavy atom. The van der Waals surface area contributed by atoms with E-state index in [1.54, 1.807) is 6.08 Å². The first kappa shape index (κ1) is 21.4. The number of aromatic nitrogens is 3. The molecule has 30 heavy (non-hydrogen) atoms. The van der Waals surface area contributed by atoms with Gasteiger partial charge in [-0.1, -0.05) is 48.2 Å². The molecule has 0 unspecified atom stereocenters. The van der Waals surface area contributed by atoms with Gasteiger partial charge in [-0.05, 0) is 24.3 Å². The van der Waals surface area contributed by atoms with Crippen molar-refractivity contribution in [3.8, 4) is 17.1 Å². The number of allylic oxidation sites excluding steroid dienone is 1. The van der Waals surface area contributed by atoms with Crippen molar-refractivity contribution in [3.63, 3.8) is 0 Å². The van der Waals surface area contributed by atoms with E-state index in [0.717, 1.165) is 17.7 Å². The van der Waals surface area contributed by atoms with Gasteiger partial charge in [0.05, 0.1) is 5.75 Å². The molecule has 1 heterocycles. The van der Waals surface area contributed by atoms with E-state index < -0.39 is 6.36 Å². The lowest BCUT2D eigenvalue weighted by atomic mass is 10.2. The molecule has 3 aromatic rings. The number of alkyl halides is 3. The maximum atomic E-state index is 12.2. The highest BCUT2D eigenvalue weighted by atomic mass is 32.2. The van der Waals surface area contributed by atoms with Crippen molar-refractivity contribution in [2.75, 3.05) is 11.1 Å². The maximum Gasteiger partial charge on any atom is 0.573 e. The lowest BCUT2D eigenvalue weighted by Gasteiger charge is -2.10. The summed E-state index contributed by atoms with van der Waals surface area (Å²) in [6.07, 6.45) is -3.05. The minimum atomic E-state index is -4.76. The standard InChI is InChI=1S/C20H17F3N4O2S/c1-2-12-27-18(14-6-4-3-5-7-14)25-26-19(27)30-13-17(28)24-15-8-10-16(11-9-15)29-20(21,22)23/h2-11H,1,12-13H2,(H,24,28). The first-order valence-electron chi connectivity index (χ1n) is 8.73. The first-order valence-corrected chi connectivity index (χ1v) is 9.72. The van der Waals surface area contributed by atoms with Crippen molar-refractivity contribution in [1.82, 2.24) is 14.8 Å². The number of nitrogens with zero attached hydrogens (tertiary/aromatic N) is 3. The molecule has 0 saturated heterocycles. The largest absolute Gasteiger partial charge is 0.573 e. The number of benzene rings is 2. The number of nitrogens with one attached hydrogen (secondary N) is 1. The Morgan fingerprint density at radius 3 is 2.47 bits per heavy atom. The Kier molecular flexibility index (Phi) is 6.78. The van der Waals surface area contributed by atoms with Crippen molar-refractivity contribution < 1.29 is 22.7 Å². The van der Waals surface area contributed by atoms with Crippen LogP contribution in [0.3, 0.4) is 0 Å². The molecule has 3 rings (SSSR count). The molecule has 0 aliphatic heterocycles. The molecule has 1 N–H and O–H groups in total. The second kappa shape index (κ2) is 9.49. The van der Waals surface area contributed by atoms with Crippen LogP contribution in [0.15, 0.2) is 72.4 Å². The molecular weight excluding hydrogens is 417 g/mol. The molecular formula is C20H17F3N4O2S. The molecule has 0 atom stereocenters. The number of hydrogen-bond donors (Lipinski definition) is 1. The third-order valence-corrected chi connectivity index (χ3v) is 4.73. The molecule has 156 valence electrons. The van der Waals surface area contributed by atoms with Gasteiger partial charge in [-0.2, -0.15) is 0 Å². The normalized spacial score (nSPS) is 11.2. The first-order chi connectivity index (χ1) is 14.4. The predicted molar refractivity (Wildman–Crippen MR) is 108 cm³/mol. The molecule has 0 aliphatic rings. The molecule has 6 nitrogen and oxygen atoms in total. The number of amides is 1. The minimum Gasteiger partial charge on any atom is -0.406 e. The Labute approximate surface area is 174 Å². The highest BCUT2D eigenvalue weighted by molar-refractivity contribution is 7.99. The lowest BCUT2D eigenvalue weighted by molar-refractivity contribution is -0.274. The van der Waals surface area contributed by atoms with Crippen LogP contribution in [0.2, 0.25) is 0 Å². The fourth-order valence-electron chi connectivity index (χ4n) is 2.56. The summed E-state index contributed by atoms with van der Waals surface area (Å²) >= 11 is 1.20. The van der Waals surface area contributed by atoms with E-state index in [1.807, 2.05) is 34.9 Å². The Balaban J connectivity index is 1.62. The van der Waals surface area contributed by atoms with Gasteiger partial charge in [0.1, 0.15) is 5.75 Å². The zero-order chi connectivity index (χ0) is 21.6. The summed E-state index contributed by atoms with van der Waals surface area (Å²) in [4.78, 5) is 12.2. The van der Waals surface area contributed by atoms with Crippen molar-refractivity contribution in [1.29, 1.82) is 0 Å². The summed E-state index contributed by atoms with van der Waals surface area (Å²) in [7, 11) is 0. The summed E-state index contributed by atoms with van der Waals surface area (Å²) in [5, 5.41) is 11.5. The second-order valence-corrected chi connectivity index (χ2v) is 6.92. The molecule has 1 amide bonds. The van der Waals surface area contributed by atoms with Crippen molar-refractivity contribution >= 4 is 23.4 Å². The number of thioether (sulfide) groups is 1. The number of hydrogen-bond acceptors (Lipinski definition) is 5. The van der Waals surface area contributed by atoms with Gasteiger partial charge in [0.2, 0.25) is 5.91 Å². The molecule has 10 heteroatoms. The Bertz CT molecular complexity index is 1010. The van der Waals surface area contributed by atoms with Gasteiger partial charge < -0.3 is 10.1 Å². The van der Waals surface area contributed by atoms with E-state index in [-0.39, 0.29) is 17.4 Å². The van der Waals surface area contributed by atoms with Crippen LogP contribution in [0.25, 0.3) is 11.4 Å². The van der Waals surface area contributed by atoms with Crippen LogP contribution in [0.1, 0.15) is 0 Å². The summed E-state index contributed by atoms with van der Waals surface area (Å²) in [5.41, 5.74) is 1.25. The van der Waals surface area contributed by atoms with Crippen LogP contribution in [0.4, 0.5) is 18.9 Å².